The highest BCUT2D eigenvalue weighted by Gasteiger charge is 2.05. The normalized spacial score (nSPS) is 9.00. The minimum atomic E-state index is 0.996. The van der Waals surface area contributed by atoms with Gasteiger partial charge in [-0.05, 0) is 95.3 Å². The summed E-state index contributed by atoms with van der Waals surface area (Å²) in [6.45, 7) is 4.00. The van der Waals surface area contributed by atoms with Crippen molar-refractivity contribution >= 4 is 103 Å². The molecule has 0 heterocycles. The van der Waals surface area contributed by atoms with Crippen LogP contribution in [0.3, 0.4) is 0 Å². The molecule has 0 fully saturated rings. The lowest BCUT2D eigenvalue weighted by Gasteiger charge is -2.05. The number of hydrogen-bond donors (Lipinski definition) is 0. The lowest BCUT2D eigenvalue weighted by atomic mass is 10.0. The van der Waals surface area contributed by atoms with E-state index in [1.807, 2.05) is 13.8 Å². The third kappa shape index (κ3) is 6.10. The molecule has 0 spiro atoms. The first-order valence-corrected chi connectivity index (χ1v) is 14.5. The predicted octanol–water partition coefficient (Wildman–Crippen LogP) is 8.18. The SMILES string of the molecule is Brc1cc2cc(C#CSI)c(Br)cc2cc1C#CSI.CC. The van der Waals surface area contributed by atoms with Gasteiger partial charge in [-0.2, -0.15) is 0 Å². The Morgan fingerprint density at radius 3 is 1.45 bits per heavy atom. The van der Waals surface area contributed by atoms with Crippen LogP contribution >= 0.6 is 92.1 Å². The monoisotopic (exact) mass is 678 g/mol. The van der Waals surface area contributed by atoms with Gasteiger partial charge in [-0.1, -0.05) is 25.7 Å². The first kappa shape index (κ1) is 21.0. The molecule has 0 saturated carbocycles. The van der Waals surface area contributed by atoms with Crippen LogP contribution in [0, 0.1) is 22.3 Å². The molecule has 0 aliphatic rings. The molecule has 0 unspecified atom stereocenters. The Morgan fingerprint density at radius 2 is 1.14 bits per heavy atom. The second kappa shape index (κ2) is 11.5. The summed E-state index contributed by atoms with van der Waals surface area (Å²) in [6, 6.07) is 8.36. The first-order valence-electron chi connectivity index (χ1n) is 6.15. The molecule has 0 amide bonds. The fraction of sp³-hybridized carbons (Fsp3) is 0.125. The summed E-state index contributed by atoms with van der Waals surface area (Å²) >= 11 is 11.5. The summed E-state index contributed by atoms with van der Waals surface area (Å²) in [5, 5.41) is 8.32. The molecule has 2 aromatic carbocycles. The standard InChI is InChI=1S/C14H4Br2I2S2.C2H6/c15-13-7-12-6-10(2-4-20-18)14(16)8-11(12)5-9(13)1-3-19-17;1-2/h5-8H;1-2H3. The molecule has 0 bridgehead atoms. The van der Waals surface area contributed by atoms with E-state index in [2.05, 4.69) is 121 Å². The van der Waals surface area contributed by atoms with Crippen LogP contribution in [0.4, 0.5) is 0 Å². The molecule has 0 aliphatic heterocycles. The van der Waals surface area contributed by atoms with E-state index in [-0.39, 0.29) is 0 Å². The van der Waals surface area contributed by atoms with Crippen molar-refractivity contribution < 1.29 is 0 Å². The fourth-order valence-electron chi connectivity index (χ4n) is 1.63. The molecule has 22 heavy (non-hydrogen) atoms. The number of hydrogen-bond acceptors (Lipinski definition) is 2. The van der Waals surface area contributed by atoms with Crippen LogP contribution in [0.1, 0.15) is 25.0 Å². The van der Waals surface area contributed by atoms with Gasteiger partial charge in [0, 0.05) is 62.5 Å². The van der Waals surface area contributed by atoms with Gasteiger partial charge < -0.3 is 0 Å². The minimum Gasteiger partial charge on any atom is -0.0683 e. The second-order valence-corrected chi connectivity index (χ2v) is 8.69. The summed E-state index contributed by atoms with van der Waals surface area (Å²) in [6.07, 6.45) is 0. The van der Waals surface area contributed by atoms with Crippen LogP contribution in [-0.4, -0.2) is 0 Å². The zero-order chi connectivity index (χ0) is 16.5. The van der Waals surface area contributed by atoms with Crippen molar-refractivity contribution in [3.8, 4) is 22.3 Å². The largest absolute Gasteiger partial charge is 0.0683 e. The zero-order valence-corrected chi connectivity index (χ0v) is 20.8. The molecule has 2 rings (SSSR count). The van der Waals surface area contributed by atoms with Crippen LogP contribution in [0.15, 0.2) is 33.2 Å². The van der Waals surface area contributed by atoms with Gasteiger partial charge >= 0.3 is 0 Å². The molecule has 0 N–H and O–H groups in total. The van der Waals surface area contributed by atoms with E-state index in [0.29, 0.717) is 0 Å². The van der Waals surface area contributed by atoms with Crippen molar-refractivity contribution in [3.05, 3.63) is 44.3 Å². The first-order chi connectivity index (χ1) is 10.7. The Morgan fingerprint density at radius 1 is 0.773 bits per heavy atom. The van der Waals surface area contributed by atoms with Gasteiger partial charge in [-0.3, -0.25) is 0 Å². The van der Waals surface area contributed by atoms with Crippen molar-refractivity contribution in [1.82, 2.24) is 0 Å². The molecule has 6 heteroatoms. The second-order valence-electron chi connectivity index (χ2n) is 3.62. The molecule has 0 atom stereocenters. The Hall–Kier alpha value is 0.940. The van der Waals surface area contributed by atoms with Crippen LogP contribution in [0.2, 0.25) is 0 Å². The van der Waals surface area contributed by atoms with Crippen molar-refractivity contribution in [3.63, 3.8) is 0 Å². The van der Waals surface area contributed by atoms with Gasteiger partial charge in [-0.25, -0.2) is 0 Å². The molecule has 2 aromatic rings. The number of fused-ring (bicyclic) bond motifs is 1. The quantitative estimate of drug-likeness (QED) is 0.204. The summed E-state index contributed by atoms with van der Waals surface area (Å²) in [4.78, 5) is 0. The van der Waals surface area contributed by atoms with Crippen LogP contribution < -0.4 is 0 Å². The van der Waals surface area contributed by atoms with Crippen LogP contribution in [0.5, 0.6) is 0 Å². The van der Waals surface area contributed by atoms with E-state index in [4.69, 9.17) is 0 Å². The van der Waals surface area contributed by atoms with Crippen LogP contribution in [-0.2, 0) is 0 Å². The van der Waals surface area contributed by atoms with Crippen molar-refractivity contribution in [2.75, 3.05) is 0 Å². The number of rotatable bonds is 0. The molecular weight excluding hydrogens is 670 g/mol. The van der Waals surface area contributed by atoms with E-state index in [1.54, 1.807) is 0 Å². The van der Waals surface area contributed by atoms with E-state index in [1.165, 1.54) is 17.9 Å². The average molecular weight is 680 g/mol. The maximum absolute atomic E-state index is 3.58. The summed E-state index contributed by atoms with van der Waals surface area (Å²) < 4.78 is 2.01. The third-order valence-electron chi connectivity index (χ3n) is 2.46. The predicted molar refractivity (Wildman–Crippen MR) is 128 cm³/mol. The van der Waals surface area contributed by atoms with Gasteiger partial charge in [0.25, 0.3) is 0 Å². The molecule has 114 valence electrons. The van der Waals surface area contributed by atoms with E-state index in [9.17, 15) is 0 Å². The van der Waals surface area contributed by atoms with Gasteiger partial charge in [0.2, 0.25) is 0 Å². The Bertz CT molecular complexity index is 717. The van der Waals surface area contributed by atoms with Gasteiger partial charge in [0.1, 0.15) is 0 Å². The summed E-state index contributed by atoms with van der Waals surface area (Å²) in [5.74, 6) is 6.27. The Balaban J connectivity index is 0.00000116. The fourth-order valence-corrected chi connectivity index (χ4v) is 3.51. The van der Waals surface area contributed by atoms with E-state index >= 15 is 0 Å². The Labute approximate surface area is 181 Å². The van der Waals surface area contributed by atoms with Gasteiger partial charge in [0.15, 0.2) is 0 Å². The highest BCUT2D eigenvalue weighted by Crippen LogP contribution is 2.29. The Kier molecular flexibility index (Phi) is 11.0. The average Bonchev–Trinajstić information content (AvgIpc) is 2.53. The molecular formula is C16H10Br2I2S2. The number of benzene rings is 2. The smallest absolute Gasteiger partial charge is 0.0403 e. The van der Waals surface area contributed by atoms with Crippen molar-refractivity contribution in [2.45, 2.75) is 13.8 Å². The van der Waals surface area contributed by atoms with Gasteiger partial charge in [-0.15, -0.1) is 0 Å². The molecule has 0 aliphatic carbocycles. The lowest BCUT2D eigenvalue weighted by Crippen LogP contribution is -1.84. The molecule has 0 radical (unpaired) electrons. The van der Waals surface area contributed by atoms with E-state index < -0.39 is 0 Å². The molecule has 0 aromatic heterocycles. The zero-order valence-electron chi connectivity index (χ0n) is 11.6. The topological polar surface area (TPSA) is 0 Å². The maximum atomic E-state index is 3.58. The summed E-state index contributed by atoms with van der Waals surface area (Å²) in [7, 11) is 2.97. The minimum absolute atomic E-state index is 0.996. The van der Waals surface area contributed by atoms with Crippen molar-refractivity contribution in [1.29, 1.82) is 0 Å². The van der Waals surface area contributed by atoms with Crippen molar-refractivity contribution in [2.24, 2.45) is 0 Å². The lowest BCUT2D eigenvalue weighted by molar-refractivity contribution is 1.50. The van der Waals surface area contributed by atoms with E-state index in [0.717, 1.165) is 30.8 Å². The highest BCUT2D eigenvalue weighted by atomic mass is 127. The maximum Gasteiger partial charge on any atom is 0.0403 e. The summed E-state index contributed by atoms with van der Waals surface area (Å²) in [5.41, 5.74) is 1.99. The molecule has 0 nitrogen and oxygen atoms in total. The highest BCUT2D eigenvalue weighted by molar-refractivity contribution is 14.2. The van der Waals surface area contributed by atoms with Gasteiger partial charge in [0.05, 0.1) is 0 Å². The third-order valence-corrected chi connectivity index (χ3v) is 5.45. The number of halogens is 4. The molecule has 0 saturated heterocycles. The van der Waals surface area contributed by atoms with Crippen LogP contribution in [0.25, 0.3) is 10.8 Å².